The molecule has 5 heteroatoms. The summed E-state index contributed by atoms with van der Waals surface area (Å²) >= 11 is 0. The van der Waals surface area contributed by atoms with Crippen LogP contribution in [-0.2, 0) is 7.05 Å². The van der Waals surface area contributed by atoms with Crippen LogP contribution in [0.15, 0.2) is 27.4 Å². The van der Waals surface area contributed by atoms with Crippen LogP contribution in [0.5, 0.6) is 0 Å². The lowest BCUT2D eigenvalue weighted by atomic mass is 9.92. The molecule has 3 N–H and O–H groups in total. The van der Waals surface area contributed by atoms with Crippen molar-refractivity contribution in [1.29, 1.82) is 0 Å². The Labute approximate surface area is 98.5 Å². The Hall–Kier alpha value is -1.59. The zero-order valence-electron chi connectivity index (χ0n) is 10.1. The van der Waals surface area contributed by atoms with Crippen molar-refractivity contribution in [2.75, 3.05) is 0 Å². The summed E-state index contributed by atoms with van der Waals surface area (Å²) in [5.41, 5.74) is 6.89. The molecular formula is C12H16N2O3. The molecule has 1 heterocycles. The molecule has 0 bridgehead atoms. The number of hydrogen-bond donors (Lipinski definition) is 2. The van der Waals surface area contributed by atoms with Gasteiger partial charge < -0.3 is 15.3 Å². The van der Waals surface area contributed by atoms with Gasteiger partial charge in [-0.15, -0.1) is 0 Å². The molecule has 1 aromatic heterocycles. The predicted octanol–water partition coefficient (Wildman–Crippen LogP) is 0.902. The van der Waals surface area contributed by atoms with E-state index in [-0.39, 0.29) is 0 Å². The lowest BCUT2D eigenvalue weighted by Crippen LogP contribution is -2.39. The van der Waals surface area contributed by atoms with Gasteiger partial charge in [-0.25, -0.2) is 4.79 Å². The van der Waals surface area contributed by atoms with E-state index in [0.717, 1.165) is 0 Å². The molecule has 5 nitrogen and oxygen atoms in total. The number of nitrogens with zero attached hydrogens (tertiary/aromatic N) is 1. The summed E-state index contributed by atoms with van der Waals surface area (Å²) in [6, 6.07) is 5.14. The van der Waals surface area contributed by atoms with Gasteiger partial charge >= 0.3 is 5.76 Å². The first-order chi connectivity index (χ1) is 7.80. The molecule has 92 valence electrons. The third kappa shape index (κ3) is 1.99. The summed E-state index contributed by atoms with van der Waals surface area (Å²) in [7, 11) is 1.64. The Morgan fingerprint density at radius 2 is 2.12 bits per heavy atom. The summed E-state index contributed by atoms with van der Waals surface area (Å²) in [6.07, 6.45) is -0.808. The van der Waals surface area contributed by atoms with E-state index in [1.54, 1.807) is 39.1 Å². The molecule has 17 heavy (non-hydrogen) atoms. The van der Waals surface area contributed by atoms with Gasteiger partial charge in [0.25, 0.3) is 0 Å². The van der Waals surface area contributed by atoms with Crippen LogP contribution in [0, 0.1) is 0 Å². The standard InChI is InChI=1S/C12H16N2O3/c1-12(2,13)10(15)7-4-5-8-9(6-7)17-11(16)14(8)3/h4-6,10,15H,13H2,1-3H3. The fourth-order valence-corrected chi connectivity index (χ4v) is 1.75. The van der Waals surface area contributed by atoms with E-state index >= 15 is 0 Å². The molecule has 0 radical (unpaired) electrons. The van der Waals surface area contributed by atoms with Crippen molar-refractivity contribution < 1.29 is 9.52 Å². The average molecular weight is 236 g/mol. The molecule has 0 fully saturated rings. The van der Waals surface area contributed by atoms with Gasteiger partial charge in [0.2, 0.25) is 0 Å². The minimum atomic E-state index is -0.808. The van der Waals surface area contributed by atoms with Crippen molar-refractivity contribution in [2.24, 2.45) is 12.8 Å². The summed E-state index contributed by atoms with van der Waals surface area (Å²) < 4.78 is 6.47. The van der Waals surface area contributed by atoms with Gasteiger partial charge in [0.05, 0.1) is 11.6 Å². The Balaban J connectivity index is 2.56. The summed E-state index contributed by atoms with van der Waals surface area (Å²) in [5.74, 6) is -0.418. The number of benzene rings is 1. The fraction of sp³-hybridized carbons (Fsp3) is 0.417. The third-order valence-corrected chi connectivity index (χ3v) is 2.84. The first kappa shape index (κ1) is 11.9. The van der Waals surface area contributed by atoms with E-state index in [0.29, 0.717) is 16.7 Å². The number of aliphatic hydroxyl groups excluding tert-OH is 1. The summed E-state index contributed by atoms with van der Waals surface area (Å²) in [6.45, 7) is 3.48. The maximum atomic E-state index is 11.3. The van der Waals surface area contributed by atoms with Crippen molar-refractivity contribution in [1.82, 2.24) is 4.57 Å². The number of aromatic nitrogens is 1. The average Bonchev–Trinajstić information content (AvgIpc) is 2.52. The monoisotopic (exact) mass is 236 g/mol. The number of oxazole rings is 1. The molecule has 0 saturated carbocycles. The number of aryl methyl sites for hydroxylation is 1. The smallest absolute Gasteiger partial charge is 0.408 e. The Bertz CT molecular complexity index is 604. The molecular weight excluding hydrogens is 220 g/mol. The van der Waals surface area contributed by atoms with Crippen LogP contribution in [0.1, 0.15) is 25.5 Å². The Morgan fingerprint density at radius 1 is 1.47 bits per heavy atom. The van der Waals surface area contributed by atoms with Gasteiger partial charge in [0.15, 0.2) is 5.58 Å². The van der Waals surface area contributed by atoms with Gasteiger partial charge in [0.1, 0.15) is 0 Å². The second-order valence-corrected chi connectivity index (χ2v) is 4.88. The van der Waals surface area contributed by atoms with Crippen molar-refractivity contribution in [2.45, 2.75) is 25.5 Å². The molecule has 1 aromatic carbocycles. The van der Waals surface area contributed by atoms with Crippen LogP contribution in [0.2, 0.25) is 0 Å². The van der Waals surface area contributed by atoms with E-state index in [2.05, 4.69) is 0 Å². The van der Waals surface area contributed by atoms with Crippen LogP contribution in [-0.4, -0.2) is 15.2 Å². The third-order valence-electron chi connectivity index (χ3n) is 2.84. The van der Waals surface area contributed by atoms with E-state index < -0.39 is 17.4 Å². The maximum Gasteiger partial charge on any atom is 0.419 e. The molecule has 0 aliphatic heterocycles. The van der Waals surface area contributed by atoms with Gasteiger partial charge in [-0.05, 0) is 31.5 Å². The fourth-order valence-electron chi connectivity index (χ4n) is 1.75. The van der Waals surface area contributed by atoms with Crippen molar-refractivity contribution in [3.05, 3.63) is 34.3 Å². The number of nitrogens with two attached hydrogens (primary N) is 1. The molecule has 2 rings (SSSR count). The molecule has 0 spiro atoms. The zero-order chi connectivity index (χ0) is 12.8. The molecule has 0 aliphatic rings. The van der Waals surface area contributed by atoms with E-state index in [1.807, 2.05) is 0 Å². The second kappa shape index (κ2) is 3.72. The van der Waals surface area contributed by atoms with Crippen molar-refractivity contribution in [3.63, 3.8) is 0 Å². The molecule has 1 atom stereocenters. The maximum absolute atomic E-state index is 11.3. The lowest BCUT2D eigenvalue weighted by molar-refractivity contribution is 0.105. The van der Waals surface area contributed by atoms with Crippen LogP contribution in [0.4, 0.5) is 0 Å². The topological polar surface area (TPSA) is 81.4 Å². The van der Waals surface area contributed by atoms with Crippen molar-refractivity contribution >= 4 is 11.1 Å². The normalized spacial score (nSPS) is 14.2. The molecule has 1 unspecified atom stereocenters. The molecule has 0 saturated heterocycles. The Morgan fingerprint density at radius 3 is 2.71 bits per heavy atom. The Kier molecular flexibility index (Phi) is 2.60. The van der Waals surface area contributed by atoms with Crippen LogP contribution < -0.4 is 11.5 Å². The second-order valence-electron chi connectivity index (χ2n) is 4.88. The van der Waals surface area contributed by atoms with Gasteiger partial charge in [-0.1, -0.05) is 6.07 Å². The SMILES string of the molecule is Cn1c(=O)oc2cc(C(O)C(C)(C)N)ccc21. The molecule has 0 amide bonds. The quantitative estimate of drug-likeness (QED) is 0.811. The summed E-state index contributed by atoms with van der Waals surface area (Å²) in [4.78, 5) is 11.3. The van der Waals surface area contributed by atoms with Crippen LogP contribution in [0.3, 0.4) is 0 Å². The zero-order valence-corrected chi connectivity index (χ0v) is 10.1. The van der Waals surface area contributed by atoms with Gasteiger partial charge in [-0.3, -0.25) is 4.57 Å². The van der Waals surface area contributed by atoms with E-state index in [1.165, 1.54) is 4.57 Å². The lowest BCUT2D eigenvalue weighted by Gasteiger charge is -2.25. The van der Waals surface area contributed by atoms with Crippen LogP contribution >= 0.6 is 0 Å². The highest BCUT2D eigenvalue weighted by atomic mass is 16.4. The van der Waals surface area contributed by atoms with Gasteiger partial charge in [0, 0.05) is 12.6 Å². The van der Waals surface area contributed by atoms with Gasteiger partial charge in [-0.2, -0.15) is 0 Å². The first-order valence-corrected chi connectivity index (χ1v) is 5.37. The number of hydrogen-bond acceptors (Lipinski definition) is 4. The minimum Gasteiger partial charge on any atom is -0.408 e. The molecule has 0 aliphatic carbocycles. The first-order valence-electron chi connectivity index (χ1n) is 5.37. The van der Waals surface area contributed by atoms with Crippen LogP contribution in [0.25, 0.3) is 11.1 Å². The highest BCUT2D eigenvalue weighted by Gasteiger charge is 2.25. The largest absolute Gasteiger partial charge is 0.419 e. The minimum absolute atomic E-state index is 0.418. The van der Waals surface area contributed by atoms with Crippen molar-refractivity contribution in [3.8, 4) is 0 Å². The predicted molar refractivity (Wildman–Crippen MR) is 64.7 cm³/mol. The highest BCUT2D eigenvalue weighted by Crippen LogP contribution is 2.25. The molecule has 2 aromatic rings. The number of aliphatic hydroxyl groups is 1. The number of rotatable bonds is 2. The highest BCUT2D eigenvalue weighted by molar-refractivity contribution is 5.73. The summed E-state index contributed by atoms with van der Waals surface area (Å²) in [5, 5.41) is 10.0. The van der Waals surface area contributed by atoms with E-state index in [4.69, 9.17) is 10.2 Å². The van der Waals surface area contributed by atoms with E-state index in [9.17, 15) is 9.90 Å². The number of fused-ring (bicyclic) bond motifs is 1.